The normalized spacial score (nSPS) is 11.0. The van der Waals surface area contributed by atoms with Crippen molar-refractivity contribution in [2.45, 2.75) is 46.3 Å². The molecule has 1 aromatic rings. The number of halogens is 1. The zero-order valence-corrected chi connectivity index (χ0v) is 16.4. The van der Waals surface area contributed by atoms with E-state index in [0.717, 1.165) is 19.0 Å². The van der Waals surface area contributed by atoms with Gasteiger partial charge in [-0.1, -0.05) is 44.0 Å². The molecule has 0 aromatic heterocycles. The number of nitrogens with zero attached hydrogens (tertiary/aromatic N) is 1. The summed E-state index contributed by atoms with van der Waals surface area (Å²) in [5.41, 5.74) is 2.40. The van der Waals surface area contributed by atoms with Crippen molar-refractivity contribution in [3.8, 4) is 0 Å². The largest absolute Gasteiger partial charge is 0.380 e. The molecule has 0 heterocycles. The van der Waals surface area contributed by atoms with Gasteiger partial charge in [-0.05, 0) is 24.5 Å². The molecule has 0 amide bonds. The molecule has 2 N–H and O–H groups in total. The van der Waals surface area contributed by atoms with Crippen LogP contribution in [0.3, 0.4) is 0 Å². The Morgan fingerprint density at radius 1 is 1.05 bits per heavy atom. The van der Waals surface area contributed by atoms with Gasteiger partial charge in [0.15, 0.2) is 5.96 Å². The summed E-state index contributed by atoms with van der Waals surface area (Å²) in [5, 5.41) is 6.66. The Kier molecular flexibility index (Phi) is 13.3. The molecule has 1 rings (SSSR count). The predicted molar refractivity (Wildman–Crippen MR) is 105 cm³/mol. The molecule has 0 saturated heterocycles. The lowest BCUT2D eigenvalue weighted by Crippen LogP contribution is -2.37. The van der Waals surface area contributed by atoms with Gasteiger partial charge in [-0.3, -0.25) is 0 Å². The molecule has 0 atom stereocenters. The number of benzene rings is 1. The summed E-state index contributed by atoms with van der Waals surface area (Å²) in [5.74, 6) is 0.898. The van der Waals surface area contributed by atoms with E-state index >= 15 is 0 Å². The summed E-state index contributed by atoms with van der Waals surface area (Å²) in [7, 11) is 1.71. The van der Waals surface area contributed by atoms with Crippen LogP contribution in [0.25, 0.3) is 0 Å². The zero-order valence-electron chi connectivity index (χ0n) is 14.0. The fraction of sp³-hybridized carbons (Fsp3) is 0.588. The fourth-order valence-corrected chi connectivity index (χ4v) is 2.00. The third kappa shape index (κ3) is 9.25. The van der Waals surface area contributed by atoms with Gasteiger partial charge in [0.2, 0.25) is 0 Å². The maximum Gasteiger partial charge on any atom is 0.191 e. The average molecular weight is 419 g/mol. The molecule has 1 aromatic carbocycles. The summed E-state index contributed by atoms with van der Waals surface area (Å²) < 4.78 is 5.11. The lowest BCUT2D eigenvalue weighted by molar-refractivity contribution is 0.185. The quantitative estimate of drug-likeness (QED) is 0.278. The second-order valence-corrected chi connectivity index (χ2v) is 5.08. The number of hydrogen-bond donors (Lipinski definition) is 2. The van der Waals surface area contributed by atoms with Crippen molar-refractivity contribution in [3.63, 3.8) is 0 Å². The lowest BCUT2D eigenvalue weighted by Gasteiger charge is -2.11. The van der Waals surface area contributed by atoms with Crippen molar-refractivity contribution >= 4 is 29.9 Å². The Morgan fingerprint density at radius 3 is 2.32 bits per heavy atom. The minimum absolute atomic E-state index is 0. The van der Waals surface area contributed by atoms with Gasteiger partial charge in [0, 0.05) is 20.2 Å². The van der Waals surface area contributed by atoms with E-state index in [1.807, 2.05) is 0 Å². The SMILES string of the molecule is CCCCCNC(=NCc1ccc(COC)cc1)NCC.I. The number of unbranched alkanes of at least 4 members (excludes halogenated alkanes) is 2. The molecule has 5 heteroatoms. The standard InChI is InChI=1S/C17H29N3O.HI/c1-4-6-7-12-19-17(18-5-2)20-13-15-8-10-16(11-9-15)14-21-3;/h8-11H,4-7,12-14H2,1-3H3,(H2,18,19,20);1H. The van der Waals surface area contributed by atoms with E-state index in [1.165, 1.54) is 30.4 Å². The van der Waals surface area contributed by atoms with E-state index < -0.39 is 0 Å². The lowest BCUT2D eigenvalue weighted by atomic mass is 10.1. The maximum atomic E-state index is 5.11. The first-order valence-corrected chi connectivity index (χ1v) is 7.89. The highest BCUT2D eigenvalue weighted by Crippen LogP contribution is 2.06. The molecule has 0 saturated carbocycles. The molecule has 0 aliphatic heterocycles. The number of ether oxygens (including phenoxy) is 1. The number of rotatable bonds is 9. The van der Waals surface area contributed by atoms with Crippen LogP contribution in [0.15, 0.2) is 29.3 Å². The minimum atomic E-state index is 0. The van der Waals surface area contributed by atoms with E-state index in [1.54, 1.807) is 7.11 Å². The van der Waals surface area contributed by atoms with Gasteiger partial charge in [0.25, 0.3) is 0 Å². The van der Waals surface area contributed by atoms with Crippen LogP contribution in [0.5, 0.6) is 0 Å². The van der Waals surface area contributed by atoms with E-state index in [0.29, 0.717) is 13.2 Å². The van der Waals surface area contributed by atoms with Crippen LogP contribution in [0.2, 0.25) is 0 Å². The highest BCUT2D eigenvalue weighted by atomic mass is 127. The first-order valence-electron chi connectivity index (χ1n) is 7.89. The number of aliphatic imine (C=N–C) groups is 1. The van der Waals surface area contributed by atoms with Crippen LogP contribution in [-0.4, -0.2) is 26.2 Å². The Balaban J connectivity index is 0.00000441. The summed E-state index contributed by atoms with van der Waals surface area (Å²) >= 11 is 0. The van der Waals surface area contributed by atoms with Crippen LogP contribution in [0.4, 0.5) is 0 Å². The Morgan fingerprint density at radius 2 is 1.73 bits per heavy atom. The molecule has 0 spiro atoms. The van der Waals surface area contributed by atoms with Gasteiger partial charge < -0.3 is 15.4 Å². The third-order valence-electron chi connectivity index (χ3n) is 3.17. The minimum Gasteiger partial charge on any atom is -0.380 e. The number of nitrogens with one attached hydrogen (secondary N) is 2. The highest BCUT2D eigenvalue weighted by molar-refractivity contribution is 14.0. The van der Waals surface area contributed by atoms with Crippen molar-refractivity contribution in [1.29, 1.82) is 0 Å². The molecule has 126 valence electrons. The van der Waals surface area contributed by atoms with Crippen molar-refractivity contribution in [1.82, 2.24) is 10.6 Å². The monoisotopic (exact) mass is 419 g/mol. The predicted octanol–water partition coefficient (Wildman–Crippen LogP) is 3.70. The second-order valence-electron chi connectivity index (χ2n) is 5.08. The van der Waals surface area contributed by atoms with Gasteiger partial charge in [-0.2, -0.15) is 0 Å². The topological polar surface area (TPSA) is 45.7 Å². The molecule has 0 aliphatic rings. The van der Waals surface area contributed by atoms with Crippen LogP contribution in [-0.2, 0) is 17.9 Å². The van der Waals surface area contributed by atoms with Crippen LogP contribution in [0.1, 0.15) is 44.2 Å². The van der Waals surface area contributed by atoms with Crippen LogP contribution < -0.4 is 10.6 Å². The van der Waals surface area contributed by atoms with E-state index in [9.17, 15) is 0 Å². The summed E-state index contributed by atoms with van der Waals surface area (Å²) in [6.07, 6.45) is 3.68. The summed E-state index contributed by atoms with van der Waals surface area (Å²) in [6, 6.07) is 8.41. The molecule has 0 aliphatic carbocycles. The molecule has 4 nitrogen and oxygen atoms in total. The van der Waals surface area contributed by atoms with Gasteiger partial charge in [-0.15, -0.1) is 24.0 Å². The fourth-order valence-electron chi connectivity index (χ4n) is 2.00. The first-order chi connectivity index (χ1) is 10.3. The average Bonchev–Trinajstić information content (AvgIpc) is 2.51. The molecule has 0 radical (unpaired) electrons. The van der Waals surface area contributed by atoms with E-state index in [2.05, 4.69) is 53.7 Å². The van der Waals surface area contributed by atoms with E-state index in [-0.39, 0.29) is 24.0 Å². The second kappa shape index (κ2) is 13.8. The van der Waals surface area contributed by atoms with Gasteiger partial charge in [0.05, 0.1) is 13.2 Å². The number of guanidine groups is 1. The molecular weight excluding hydrogens is 389 g/mol. The maximum absolute atomic E-state index is 5.11. The van der Waals surface area contributed by atoms with Gasteiger partial charge in [-0.25, -0.2) is 4.99 Å². The first kappa shape index (κ1) is 21.2. The Hall–Kier alpha value is -0.820. The molecule has 0 unspecified atom stereocenters. The number of hydrogen-bond acceptors (Lipinski definition) is 2. The Bertz CT molecular complexity index is 407. The highest BCUT2D eigenvalue weighted by Gasteiger charge is 1.98. The van der Waals surface area contributed by atoms with E-state index in [4.69, 9.17) is 4.74 Å². The van der Waals surface area contributed by atoms with Crippen LogP contribution >= 0.6 is 24.0 Å². The van der Waals surface area contributed by atoms with Crippen molar-refractivity contribution < 1.29 is 4.74 Å². The summed E-state index contributed by atoms with van der Waals surface area (Å²) in [4.78, 5) is 4.62. The van der Waals surface area contributed by atoms with Crippen molar-refractivity contribution in [3.05, 3.63) is 35.4 Å². The van der Waals surface area contributed by atoms with Crippen molar-refractivity contribution in [2.24, 2.45) is 4.99 Å². The summed E-state index contributed by atoms with van der Waals surface area (Å²) in [6.45, 7) is 7.51. The molecule has 22 heavy (non-hydrogen) atoms. The Labute approximate surface area is 152 Å². The van der Waals surface area contributed by atoms with Gasteiger partial charge >= 0.3 is 0 Å². The zero-order chi connectivity index (χ0) is 15.3. The smallest absolute Gasteiger partial charge is 0.191 e. The molecule has 0 bridgehead atoms. The molecular formula is C17H30IN3O. The van der Waals surface area contributed by atoms with Crippen molar-refractivity contribution in [2.75, 3.05) is 20.2 Å². The van der Waals surface area contributed by atoms with Gasteiger partial charge in [0.1, 0.15) is 0 Å². The third-order valence-corrected chi connectivity index (χ3v) is 3.17. The number of methoxy groups -OCH3 is 1. The van der Waals surface area contributed by atoms with Crippen LogP contribution in [0, 0.1) is 0 Å². The molecule has 0 fully saturated rings.